The van der Waals surface area contributed by atoms with Crippen LogP contribution in [0.1, 0.15) is 35.9 Å². The molecule has 0 radical (unpaired) electrons. The highest BCUT2D eigenvalue weighted by Crippen LogP contribution is 2.11. The Balaban J connectivity index is 2.41. The molecule has 0 aliphatic heterocycles. The van der Waals surface area contributed by atoms with E-state index < -0.39 is 6.09 Å². The van der Waals surface area contributed by atoms with Gasteiger partial charge in [0.05, 0.1) is 5.69 Å². The maximum Gasteiger partial charge on any atom is 0.404 e. The number of aryl methyl sites for hydroxylation is 2. The van der Waals surface area contributed by atoms with E-state index in [0.717, 1.165) is 5.69 Å². The third-order valence-corrected chi connectivity index (χ3v) is 2.75. The predicted octanol–water partition coefficient (Wildman–Crippen LogP) is 1.60. The number of carboxylic acid groups (broad SMARTS) is 1. The van der Waals surface area contributed by atoms with Crippen LogP contribution in [0.15, 0.2) is 6.07 Å². The van der Waals surface area contributed by atoms with Crippen molar-refractivity contribution in [2.75, 3.05) is 6.54 Å². The number of nitrogens with one attached hydrogen (secondary N) is 1. The minimum atomic E-state index is -1.03. The zero-order chi connectivity index (χ0) is 13.7. The number of hydrogen-bond donors (Lipinski definition) is 2. The second-order valence-electron chi connectivity index (χ2n) is 4.55. The highest BCUT2D eigenvalue weighted by molar-refractivity contribution is 5.94. The molecule has 0 saturated heterocycles. The fraction of sp³-hybridized carbons (Fsp3) is 0.583. The Bertz CT molecular complexity index is 440. The van der Waals surface area contributed by atoms with E-state index in [0.29, 0.717) is 25.1 Å². The van der Waals surface area contributed by atoms with Crippen LogP contribution in [0, 0.1) is 12.8 Å². The van der Waals surface area contributed by atoms with Gasteiger partial charge in [0.2, 0.25) is 0 Å². The van der Waals surface area contributed by atoms with E-state index in [4.69, 9.17) is 5.11 Å². The van der Waals surface area contributed by atoms with Gasteiger partial charge in [0.1, 0.15) is 5.69 Å². The molecule has 100 valence electrons. The maximum atomic E-state index is 11.9. The van der Waals surface area contributed by atoms with Gasteiger partial charge in [0.15, 0.2) is 5.78 Å². The second kappa shape index (κ2) is 6.18. The largest absolute Gasteiger partial charge is 0.465 e. The van der Waals surface area contributed by atoms with Crippen LogP contribution in [0.2, 0.25) is 0 Å². The Morgan fingerprint density at radius 2 is 2.22 bits per heavy atom. The fourth-order valence-electron chi connectivity index (χ4n) is 1.74. The lowest BCUT2D eigenvalue weighted by atomic mass is 10.0. The first-order valence-corrected chi connectivity index (χ1v) is 5.90. The summed E-state index contributed by atoms with van der Waals surface area (Å²) in [6.07, 6.45) is 0.0283. The minimum Gasteiger partial charge on any atom is -0.465 e. The summed E-state index contributed by atoms with van der Waals surface area (Å²) in [7, 11) is 1.75. The fourth-order valence-corrected chi connectivity index (χ4v) is 1.74. The van der Waals surface area contributed by atoms with Crippen LogP contribution in [0.4, 0.5) is 4.79 Å². The van der Waals surface area contributed by atoms with Crippen molar-refractivity contribution < 1.29 is 14.7 Å². The standard InChI is InChI=1S/C12H19N3O3/c1-8(7-13-12(17)18)4-5-11(16)10-6-9(2)14-15(10)3/h6,8,13H,4-5,7H2,1-3H3,(H,17,18). The van der Waals surface area contributed by atoms with Gasteiger partial charge in [-0.3, -0.25) is 9.48 Å². The van der Waals surface area contributed by atoms with Crippen LogP contribution in [-0.4, -0.2) is 33.3 Å². The summed E-state index contributed by atoms with van der Waals surface area (Å²) in [6, 6.07) is 1.77. The minimum absolute atomic E-state index is 0.0419. The molecule has 1 rings (SSSR count). The summed E-state index contributed by atoms with van der Waals surface area (Å²) in [6.45, 7) is 4.13. The molecular formula is C12H19N3O3. The Labute approximate surface area is 106 Å². The highest BCUT2D eigenvalue weighted by atomic mass is 16.4. The molecule has 6 heteroatoms. The zero-order valence-corrected chi connectivity index (χ0v) is 10.9. The molecule has 0 aliphatic carbocycles. The summed E-state index contributed by atoms with van der Waals surface area (Å²) in [5, 5.41) is 14.9. The van der Waals surface area contributed by atoms with Gasteiger partial charge in [-0.05, 0) is 25.3 Å². The Morgan fingerprint density at radius 1 is 1.56 bits per heavy atom. The molecular weight excluding hydrogens is 234 g/mol. The molecule has 0 bridgehead atoms. The Hall–Kier alpha value is -1.85. The van der Waals surface area contributed by atoms with E-state index in [1.54, 1.807) is 17.8 Å². The molecule has 0 spiro atoms. The molecule has 0 saturated carbocycles. The van der Waals surface area contributed by atoms with E-state index in [1.807, 2.05) is 13.8 Å². The molecule has 1 heterocycles. The number of rotatable bonds is 6. The third kappa shape index (κ3) is 4.20. The van der Waals surface area contributed by atoms with Gasteiger partial charge in [-0.15, -0.1) is 0 Å². The van der Waals surface area contributed by atoms with Crippen molar-refractivity contribution in [3.63, 3.8) is 0 Å². The van der Waals surface area contributed by atoms with Crippen molar-refractivity contribution >= 4 is 11.9 Å². The number of carbonyl (C=O) groups excluding carboxylic acids is 1. The first kappa shape index (κ1) is 14.2. The normalized spacial score (nSPS) is 12.2. The zero-order valence-electron chi connectivity index (χ0n) is 10.9. The van der Waals surface area contributed by atoms with E-state index in [2.05, 4.69) is 10.4 Å². The van der Waals surface area contributed by atoms with Crippen molar-refractivity contribution in [2.24, 2.45) is 13.0 Å². The molecule has 0 aromatic carbocycles. The number of carbonyl (C=O) groups is 2. The first-order chi connectivity index (χ1) is 8.40. The number of Topliss-reactive ketones (excluding diaryl/α,β-unsaturated/α-hetero) is 1. The molecule has 2 N–H and O–H groups in total. The van der Waals surface area contributed by atoms with E-state index in [9.17, 15) is 9.59 Å². The first-order valence-electron chi connectivity index (χ1n) is 5.90. The SMILES string of the molecule is Cc1cc(C(=O)CCC(C)CNC(=O)O)n(C)n1. The monoisotopic (exact) mass is 253 g/mol. The van der Waals surface area contributed by atoms with Crippen molar-refractivity contribution in [2.45, 2.75) is 26.7 Å². The van der Waals surface area contributed by atoms with Gasteiger partial charge in [-0.1, -0.05) is 6.92 Å². The highest BCUT2D eigenvalue weighted by Gasteiger charge is 2.13. The molecule has 1 atom stereocenters. The van der Waals surface area contributed by atoms with Gasteiger partial charge in [0, 0.05) is 20.0 Å². The third-order valence-electron chi connectivity index (χ3n) is 2.75. The molecule has 6 nitrogen and oxygen atoms in total. The van der Waals surface area contributed by atoms with Gasteiger partial charge >= 0.3 is 6.09 Å². The molecule has 1 aromatic rings. The van der Waals surface area contributed by atoms with Crippen molar-refractivity contribution in [1.29, 1.82) is 0 Å². The number of aromatic nitrogens is 2. The molecule has 1 aromatic heterocycles. The van der Waals surface area contributed by atoms with E-state index in [1.165, 1.54) is 0 Å². The summed E-state index contributed by atoms with van der Waals surface area (Å²) in [5.74, 6) is 0.180. The van der Waals surface area contributed by atoms with E-state index in [-0.39, 0.29) is 11.7 Å². The lowest BCUT2D eigenvalue weighted by Crippen LogP contribution is -2.26. The van der Waals surface area contributed by atoms with Crippen LogP contribution in [0.3, 0.4) is 0 Å². The molecule has 18 heavy (non-hydrogen) atoms. The molecule has 0 aliphatic rings. The van der Waals surface area contributed by atoms with Gasteiger partial charge in [0.25, 0.3) is 0 Å². The number of amides is 1. The van der Waals surface area contributed by atoms with Gasteiger partial charge < -0.3 is 10.4 Å². The topological polar surface area (TPSA) is 84.2 Å². The second-order valence-corrected chi connectivity index (χ2v) is 4.55. The Morgan fingerprint density at radius 3 is 2.72 bits per heavy atom. The number of nitrogens with zero attached hydrogens (tertiary/aromatic N) is 2. The number of hydrogen-bond acceptors (Lipinski definition) is 3. The van der Waals surface area contributed by atoms with E-state index >= 15 is 0 Å². The van der Waals surface area contributed by atoms with Gasteiger partial charge in [-0.2, -0.15) is 5.10 Å². The van der Waals surface area contributed by atoms with Gasteiger partial charge in [-0.25, -0.2) is 4.79 Å². The molecule has 1 amide bonds. The lowest BCUT2D eigenvalue weighted by Gasteiger charge is -2.10. The molecule has 0 fully saturated rings. The van der Waals surface area contributed by atoms with Crippen LogP contribution in [-0.2, 0) is 7.05 Å². The summed E-state index contributed by atoms with van der Waals surface area (Å²) in [5.41, 5.74) is 1.42. The summed E-state index contributed by atoms with van der Waals surface area (Å²) < 4.78 is 1.58. The van der Waals surface area contributed by atoms with Crippen LogP contribution < -0.4 is 5.32 Å². The van der Waals surface area contributed by atoms with Crippen molar-refractivity contribution in [1.82, 2.24) is 15.1 Å². The summed E-state index contributed by atoms with van der Waals surface area (Å²) >= 11 is 0. The van der Waals surface area contributed by atoms with Crippen LogP contribution in [0.25, 0.3) is 0 Å². The average Bonchev–Trinajstić information content (AvgIpc) is 2.62. The summed E-state index contributed by atoms with van der Waals surface area (Å²) in [4.78, 5) is 22.2. The van der Waals surface area contributed by atoms with Crippen LogP contribution >= 0.6 is 0 Å². The van der Waals surface area contributed by atoms with Crippen LogP contribution in [0.5, 0.6) is 0 Å². The predicted molar refractivity (Wildman–Crippen MR) is 66.7 cm³/mol. The number of ketones is 1. The average molecular weight is 253 g/mol. The Kier molecular flexibility index (Phi) is 4.88. The van der Waals surface area contributed by atoms with Crippen molar-refractivity contribution in [3.05, 3.63) is 17.5 Å². The lowest BCUT2D eigenvalue weighted by molar-refractivity contribution is 0.0965. The smallest absolute Gasteiger partial charge is 0.404 e. The quantitative estimate of drug-likeness (QED) is 0.754. The maximum absolute atomic E-state index is 11.9. The van der Waals surface area contributed by atoms with Crippen molar-refractivity contribution in [3.8, 4) is 0 Å². The molecule has 1 unspecified atom stereocenters.